The van der Waals surface area contributed by atoms with Crippen LogP contribution in [-0.4, -0.2) is 34.0 Å². The van der Waals surface area contributed by atoms with Crippen LogP contribution in [0.3, 0.4) is 0 Å². The molecule has 0 aliphatic rings. The Kier molecular flexibility index (Phi) is 8.50. The van der Waals surface area contributed by atoms with Crippen molar-refractivity contribution in [1.82, 2.24) is 14.9 Å². The minimum Gasteiger partial charge on any atom is -0.352 e. The van der Waals surface area contributed by atoms with Crippen LogP contribution in [0.1, 0.15) is 49.3 Å². The van der Waals surface area contributed by atoms with Crippen molar-refractivity contribution < 1.29 is 9.59 Å². The van der Waals surface area contributed by atoms with Gasteiger partial charge in [-0.05, 0) is 63.1 Å². The second kappa shape index (κ2) is 12.2. The fourth-order valence-corrected chi connectivity index (χ4v) is 4.50. The Balaban J connectivity index is 1.38. The first-order valence-electron chi connectivity index (χ1n) is 12.7. The molecule has 0 fully saturated rings. The number of aryl methyl sites for hydroxylation is 1. The molecule has 186 valence electrons. The van der Waals surface area contributed by atoms with Gasteiger partial charge in [0.05, 0.1) is 11.0 Å². The van der Waals surface area contributed by atoms with E-state index in [0.717, 1.165) is 48.2 Å². The molecule has 2 amide bonds. The number of nitrogens with zero attached hydrogens (tertiary/aromatic N) is 3. The zero-order valence-corrected chi connectivity index (χ0v) is 21.1. The minimum absolute atomic E-state index is 0.0379. The molecular weight excluding hydrogens is 448 g/mol. The van der Waals surface area contributed by atoms with Crippen molar-refractivity contribution in [1.29, 1.82) is 0 Å². The molecule has 6 heteroatoms. The summed E-state index contributed by atoms with van der Waals surface area (Å²) >= 11 is 0. The second-order valence-electron chi connectivity index (χ2n) is 9.23. The number of benzene rings is 3. The van der Waals surface area contributed by atoms with Crippen LogP contribution in [0.15, 0.2) is 84.9 Å². The normalized spacial score (nSPS) is 11.1. The highest BCUT2D eigenvalue weighted by Crippen LogP contribution is 2.21. The van der Waals surface area contributed by atoms with Crippen molar-refractivity contribution in [2.75, 3.05) is 11.4 Å². The average Bonchev–Trinajstić information content (AvgIpc) is 3.24. The van der Waals surface area contributed by atoms with Gasteiger partial charge in [-0.25, -0.2) is 4.98 Å². The number of anilines is 1. The summed E-state index contributed by atoms with van der Waals surface area (Å²) < 4.78 is 2.06. The van der Waals surface area contributed by atoms with Crippen LogP contribution in [0.4, 0.5) is 5.69 Å². The monoisotopic (exact) mass is 482 g/mol. The van der Waals surface area contributed by atoms with Gasteiger partial charge in [-0.1, -0.05) is 55.0 Å². The molecule has 0 bridgehead atoms. The maximum absolute atomic E-state index is 13.5. The lowest BCUT2D eigenvalue weighted by Crippen LogP contribution is -2.39. The van der Waals surface area contributed by atoms with E-state index in [0.29, 0.717) is 12.1 Å². The number of nitrogens with one attached hydrogen (secondary N) is 1. The van der Waals surface area contributed by atoms with Crippen LogP contribution >= 0.6 is 0 Å². The molecular formula is C30H34N4O2. The Morgan fingerprint density at radius 3 is 2.25 bits per heavy atom. The van der Waals surface area contributed by atoms with Crippen LogP contribution in [0.2, 0.25) is 0 Å². The predicted octanol–water partition coefficient (Wildman–Crippen LogP) is 5.62. The first kappa shape index (κ1) is 25.2. The van der Waals surface area contributed by atoms with Gasteiger partial charge in [0.25, 0.3) is 5.91 Å². The number of amides is 2. The Morgan fingerprint density at radius 2 is 1.53 bits per heavy atom. The zero-order valence-electron chi connectivity index (χ0n) is 21.1. The van der Waals surface area contributed by atoms with Gasteiger partial charge in [0.15, 0.2) is 0 Å². The van der Waals surface area contributed by atoms with Gasteiger partial charge in [-0.2, -0.15) is 0 Å². The molecule has 0 saturated heterocycles. The van der Waals surface area contributed by atoms with Crippen molar-refractivity contribution in [3.63, 3.8) is 0 Å². The van der Waals surface area contributed by atoms with E-state index in [-0.39, 0.29) is 24.4 Å². The van der Waals surface area contributed by atoms with Gasteiger partial charge in [0, 0.05) is 30.3 Å². The van der Waals surface area contributed by atoms with E-state index >= 15 is 0 Å². The molecule has 0 unspecified atom stereocenters. The lowest BCUT2D eigenvalue weighted by Gasteiger charge is -2.27. The maximum Gasteiger partial charge on any atom is 0.251 e. The summed E-state index contributed by atoms with van der Waals surface area (Å²) in [4.78, 5) is 32.4. The standard InChI is InChI=1S/C30H34N4O2/c1-23(2)34(25-16-8-4-9-17-25)29(35)22-33-27-19-12-11-18-26(27)32-28(33)20-10-5-13-21-31-30(36)24-14-6-3-7-15-24/h3-4,6-9,11-12,14-19,23H,5,10,13,20-22H2,1-2H3,(H,31,36). The zero-order chi connectivity index (χ0) is 25.3. The van der Waals surface area contributed by atoms with Crippen molar-refractivity contribution in [2.45, 2.75) is 52.1 Å². The molecule has 36 heavy (non-hydrogen) atoms. The molecule has 4 rings (SSSR count). The summed E-state index contributed by atoms with van der Waals surface area (Å²) in [7, 11) is 0. The number of imidazole rings is 1. The van der Waals surface area contributed by atoms with Crippen molar-refractivity contribution in [3.8, 4) is 0 Å². The Labute approximate surface area is 213 Å². The largest absolute Gasteiger partial charge is 0.352 e. The Hall–Kier alpha value is -3.93. The third kappa shape index (κ3) is 6.19. The number of carbonyl (C=O) groups excluding carboxylic acids is 2. The summed E-state index contributed by atoms with van der Waals surface area (Å²) in [6.07, 6.45) is 3.58. The SMILES string of the molecule is CC(C)N(C(=O)Cn1c(CCCCCNC(=O)c2ccccc2)nc2ccccc21)c1ccccc1. The summed E-state index contributed by atoms with van der Waals surface area (Å²) in [5.74, 6) is 0.933. The third-order valence-corrected chi connectivity index (χ3v) is 6.25. The number of aromatic nitrogens is 2. The molecule has 4 aromatic rings. The first-order chi connectivity index (χ1) is 17.5. The number of unbranched alkanes of at least 4 members (excludes halogenated alkanes) is 2. The van der Waals surface area contributed by atoms with Crippen LogP contribution in [-0.2, 0) is 17.8 Å². The quantitative estimate of drug-likeness (QED) is 0.282. The number of para-hydroxylation sites is 3. The van der Waals surface area contributed by atoms with E-state index < -0.39 is 0 Å². The van der Waals surface area contributed by atoms with Gasteiger partial charge in [-0.15, -0.1) is 0 Å². The average molecular weight is 483 g/mol. The molecule has 6 nitrogen and oxygen atoms in total. The van der Waals surface area contributed by atoms with E-state index in [9.17, 15) is 9.59 Å². The third-order valence-electron chi connectivity index (χ3n) is 6.25. The highest BCUT2D eigenvalue weighted by Gasteiger charge is 2.21. The van der Waals surface area contributed by atoms with Crippen LogP contribution in [0.5, 0.6) is 0 Å². The molecule has 3 aromatic carbocycles. The molecule has 1 N–H and O–H groups in total. The molecule has 0 aliphatic heterocycles. The fourth-order valence-electron chi connectivity index (χ4n) is 4.50. The number of fused-ring (bicyclic) bond motifs is 1. The van der Waals surface area contributed by atoms with E-state index in [1.165, 1.54) is 0 Å². The lowest BCUT2D eigenvalue weighted by atomic mass is 10.1. The van der Waals surface area contributed by atoms with Gasteiger partial charge < -0.3 is 14.8 Å². The van der Waals surface area contributed by atoms with E-state index in [1.54, 1.807) is 0 Å². The summed E-state index contributed by atoms with van der Waals surface area (Å²) in [6, 6.07) is 27.1. The fraction of sp³-hybridized carbons (Fsp3) is 0.300. The van der Waals surface area contributed by atoms with E-state index in [2.05, 4.69) is 9.88 Å². The van der Waals surface area contributed by atoms with Crippen LogP contribution in [0.25, 0.3) is 11.0 Å². The van der Waals surface area contributed by atoms with Gasteiger partial charge in [-0.3, -0.25) is 9.59 Å². The van der Waals surface area contributed by atoms with Crippen molar-refractivity contribution >= 4 is 28.5 Å². The van der Waals surface area contributed by atoms with E-state index in [1.807, 2.05) is 104 Å². The topological polar surface area (TPSA) is 67.2 Å². The van der Waals surface area contributed by atoms with E-state index in [4.69, 9.17) is 4.98 Å². The second-order valence-corrected chi connectivity index (χ2v) is 9.23. The number of carbonyl (C=O) groups is 2. The molecule has 0 atom stereocenters. The summed E-state index contributed by atoms with van der Waals surface area (Å²) in [5.41, 5.74) is 3.47. The van der Waals surface area contributed by atoms with Gasteiger partial charge >= 0.3 is 0 Å². The number of hydrogen-bond acceptors (Lipinski definition) is 3. The van der Waals surface area contributed by atoms with Gasteiger partial charge in [0.1, 0.15) is 12.4 Å². The maximum atomic E-state index is 13.5. The van der Waals surface area contributed by atoms with Crippen molar-refractivity contribution in [3.05, 3.63) is 96.3 Å². The summed E-state index contributed by atoms with van der Waals surface area (Å²) in [6.45, 7) is 4.96. The summed E-state index contributed by atoms with van der Waals surface area (Å²) in [5, 5.41) is 2.99. The molecule has 0 radical (unpaired) electrons. The van der Waals surface area contributed by atoms with Gasteiger partial charge in [0.2, 0.25) is 5.91 Å². The van der Waals surface area contributed by atoms with Crippen molar-refractivity contribution in [2.24, 2.45) is 0 Å². The highest BCUT2D eigenvalue weighted by molar-refractivity contribution is 5.95. The number of hydrogen-bond donors (Lipinski definition) is 1. The Morgan fingerprint density at radius 1 is 0.861 bits per heavy atom. The van der Waals surface area contributed by atoms with Crippen LogP contribution in [0, 0.1) is 0 Å². The molecule has 0 spiro atoms. The molecule has 0 saturated carbocycles. The van der Waals surface area contributed by atoms with Crippen LogP contribution < -0.4 is 10.2 Å². The predicted molar refractivity (Wildman–Crippen MR) is 145 cm³/mol. The lowest BCUT2D eigenvalue weighted by molar-refractivity contribution is -0.119. The molecule has 1 heterocycles. The Bertz CT molecular complexity index is 1280. The molecule has 0 aliphatic carbocycles. The highest BCUT2D eigenvalue weighted by atomic mass is 16.2. The first-order valence-corrected chi connectivity index (χ1v) is 12.7. The number of rotatable bonds is 11. The molecule has 1 aromatic heterocycles. The smallest absolute Gasteiger partial charge is 0.251 e. The minimum atomic E-state index is -0.0379.